The summed E-state index contributed by atoms with van der Waals surface area (Å²) in [7, 11) is 0. The Morgan fingerprint density at radius 2 is 1.27 bits per heavy atom. The molecule has 280 valence electrons. The molecule has 10 aromatic rings. The van der Waals surface area contributed by atoms with E-state index in [2.05, 4.69) is 186 Å². The van der Waals surface area contributed by atoms with Gasteiger partial charge in [0, 0.05) is 44.6 Å². The van der Waals surface area contributed by atoms with Gasteiger partial charge in [0.1, 0.15) is 11.2 Å². The normalized spacial score (nSPS) is 12.5. The van der Waals surface area contributed by atoms with Crippen molar-refractivity contribution < 1.29 is 0 Å². The SMILES string of the molecule is C=C\C(=C/C=C/C=C/c1c(/C=C/C)n(-c2ccccc2)c2ccccc12)c1cc2c3ccccc3n(-c3nc(-c4ccccc4)c4ncccc4n3)c2c2ccccc12. The van der Waals surface area contributed by atoms with Gasteiger partial charge in [0.2, 0.25) is 5.95 Å². The Morgan fingerprint density at radius 1 is 0.593 bits per heavy atom. The van der Waals surface area contributed by atoms with Crippen LogP contribution < -0.4 is 0 Å². The average Bonchev–Trinajstić information content (AvgIpc) is 3.80. The summed E-state index contributed by atoms with van der Waals surface area (Å²) < 4.78 is 4.55. The van der Waals surface area contributed by atoms with Gasteiger partial charge in [-0.2, -0.15) is 0 Å². The van der Waals surface area contributed by atoms with Gasteiger partial charge < -0.3 is 4.57 Å². The maximum absolute atomic E-state index is 5.26. The number of fused-ring (bicyclic) bond motifs is 7. The highest BCUT2D eigenvalue weighted by atomic mass is 15.2. The lowest BCUT2D eigenvalue weighted by Gasteiger charge is -2.13. The molecule has 0 aliphatic rings. The van der Waals surface area contributed by atoms with Crippen molar-refractivity contribution in [1.29, 1.82) is 0 Å². The molecule has 0 amide bonds. The van der Waals surface area contributed by atoms with E-state index >= 15 is 0 Å². The van der Waals surface area contributed by atoms with Crippen LogP contribution in [0.1, 0.15) is 23.7 Å². The Hall–Kier alpha value is -7.89. The van der Waals surface area contributed by atoms with Crippen LogP contribution in [0, 0.1) is 0 Å². The Morgan fingerprint density at radius 3 is 2.03 bits per heavy atom. The molecule has 0 aliphatic carbocycles. The molecular formula is C54H39N5. The van der Waals surface area contributed by atoms with Crippen LogP contribution in [0.5, 0.6) is 0 Å². The first kappa shape index (κ1) is 35.5. The smallest absolute Gasteiger partial charge is 0.235 e. The Balaban J connectivity index is 1.10. The van der Waals surface area contributed by atoms with E-state index in [0.29, 0.717) is 5.95 Å². The molecule has 4 heterocycles. The van der Waals surface area contributed by atoms with Gasteiger partial charge in [0.05, 0.1) is 27.8 Å². The van der Waals surface area contributed by atoms with Gasteiger partial charge in [-0.05, 0) is 72.0 Å². The summed E-state index contributed by atoms with van der Waals surface area (Å²) in [5.74, 6) is 0.604. The fourth-order valence-electron chi connectivity index (χ4n) is 8.40. The quantitative estimate of drug-likeness (QED) is 0.138. The second-order valence-corrected chi connectivity index (χ2v) is 14.4. The Labute approximate surface area is 342 Å². The van der Waals surface area contributed by atoms with Crippen molar-refractivity contribution >= 4 is 72.2 Å². The first-order valence-electron chi connectivity index (χ1n) is 19.9. The van der Waals surface area contributed by atoms with Gasteiger partial charge in [-0.25, -0.2) is 9.97 Å². The lowest BCUT2D eigenvalue weighted by Crippen LogP contribution is -2.04. The molecule has 0 fully saturated rings. The van der Waals surface area contributed by atoms with Crippen LogP contribution in [0.3, 0.4) is 0 Å². The van der Waals surface area contributed by atoms with Crippen molar-refractivity contribution in [1.82, 2.24) is 24.1 Å². The number of aromatic nitrogens is 5. The molecule has 0 aliphatic heterocycles. The molecule has 0 saturated carbocycles. The number of para-hydroxylation sites is 3. The lowest BCUT2D eigenvalue weighted by atomic mass is 9.94. The fourth-order valence-corrected chi connectivity index (χ4v) is 8.40. The molecule has 0 N–H and O–H groups in total. The van der Waals surface area contributed by atoms with Crippen LogP contribution in [-0.4, -0.2) is 24.1 Å². The van der Waals surface area contributed by atoms with Gasteiger partial charge in [-0.15, -0.1) is 0 Å². The van der Waals surface area contributed by atoms with E-state index in [0.717, 1.165) is 77.4 Å². The van der Waals surface area contributed by atoms with Crippen LogP contribution in [0.25, 0.3) is 95.1 Å². The molecule has 4 aromatic heterocycles. The van der Waals surface area contributed by atoms with E-state index in [4.69, 9.17) is 15.0 Å². The Kier molecular flexibility index (Phi) is 9.16. The first-order valence-corrected chi connectivity index (χ1v) is 19.9. The van der Waals surface area contributed by atoms with E-state index in [1.807, 2.05) is 36.4 Å². The number of rotatable bonds is 9. The zero-order valence-electron chi connectivity index (χ0n) is 32.6. The summed E-state index contributed by atoms with van der Waals surface area (Å²) in [4.78, 5) is 15.1. The summed E-state index contributed by atoms with van der Waals surface area (Å²) >= 11 is 0. The monoisotopic (exact) mass is 757 g/mol. The summed E-state index contributed by atoms with van der Waals surface area (Å²) in [6.07, 6.45) is 18.7. The van der Waals surface area contributed by atoms with E-state index in [1.54, 1.807) is 6.20 Å². The van der Waals surface area contributed by atoms with Crippen molar-refractivity contribution in [3.63, 3.8) is 0 Å². The van der Waals surface area contributed by atoms with E-state index in [9.17, 15) is 0 Å². The molecule has 0 bridgehead atoms. The topological polar surface area (TPSA) is 48.5 Å². The van der Waals surface area contributed by atoms with Gasteiger partial charge in [-0.1, -0.05) is 158 Å². The van der Waals surface area contributed by atoms with Crippen molar-refractivity contribution in [3.8, 4) is 22.9 Å². The highest BCUT2D eigenvalue weighted by Gasteiger charge is 2.21. The van der Waals surface area contributed by atoms with Crippen molar-refractivity contribution in [2.45, 2.75) is 6.92 Å². The maximum atomic E-state index is 5.26. The predicted molar refractivity (Wildman–Crippen MR) is 249 cm³/mol. The zero-order valence-corrected chi connectivity index (χ0v) is 32.6. The van der Waals surface area contributed by atoms with Crippen LogP contribution in [0.2, 0.25) is 0 Å². The largest absolute Gasteiger partial charge is 0.309 e. The second-order valence-electron chi connectivity index (χ2n) is 14.4. The third-order valence-corrected chi connectivity index (χ3v) is 10.9. The third-order valence-electron chi connectivity index (χ3n) is 10.9. The van der Waals surface area contributed by atoms with Crippen molar-refractivity contribution in [2.75, 3.05) is 0 Å². The third kappa shape index (κ3) is 6.17. The molecule has 59 heavy (non-hydrogen) atoms. The number of nitrogens with zero attached hydrogens (tertiary/aromatic N) is 5. The second kappa shape index (κ2) is 15.2. The summed E-state index contributed by atoms with van der Waals surface area (Å²) in [5.41, 5.74) is 12.2. The minimum Gasteiger partial charge on any atom is -0.309 e. The van der Waals surface area contributed by atoms with Gasteiger partial charge in [-0.3, -0.25) is 9.55 Å². The Bertz CT molecular complexity index is 3340. The standard InChI is InChI=1S/C54H39N5/c1-3-21-48-41(42-29-16-18-33-49(42)58(48)39-25-11-7-12-26-39)28-13-6-8-22-37(4-2)45-36-46-43-30-17-19-34-50(43)59(53(46)44-31-15-14-27-40(44)45)54-56-47-32-20-35-55-52(47)51(57-54)38-23-9-5-10-24-38/h3-36H,2H2,1H3/b8-6+,21-3+,28-13+,37-22+. The molecule has 0 radical (unpaired) electrons. The maximum Gasteiger partial charge on any atom is 0.235 e. The molecule has 0 atom stereocenters. The summed E-state index contributed by atoms with van der Waals surface area (Å²) in [5, 5.41) is 5.68. The summed E-state index contributed by atoms with van der Waals surface area (Å²) in [6.45, 7) is 6.36. The minimum atomic E-state index is 0.604. The summed E-state index contributed by atoms with van der Waals surface area (Å²) in [6, 6.07) is 52.7. The fraction of sp³-hybridized carbons (Fsp3) is 0.0185. The molecular weight excluding hydrogens is 719 g/mol. The van der Waals surface area contributed by atoms with Crippen LogP contribution in [0.15, 0.2) is 201 Å². The van der Waals surface area contributed by atoms with E-state index in [1.165, 1.54) is 16.5 Å². The number of pyridine rings is 1. The number of benzene rings is 6. The average molecular weight is 758 g/mol. The van der Waals surface area contributed by atoms with Gasteiger partial charge in [0.25, 0.3) is 0 Å². The number of hydrogen-bond acceptors (Lipinski definition) is 3. The van der Waals surface area contributed by atoms with Gasteiger partial charge in [0.15, 0.2) is 0 Å². The molecule has 5 heteroatoms. The minimum absolute atomic E-state index is 0.604. The first-order chi connectivity index (χ1) is 29.2. The number of hydrogen-bond donors (Lipinski definition) is 0. The molecule has 5 nitrogen and oxygen atoms in total. The molecule has 6 aromatic carbocycles. The molecule has 0 unspecified atom stereocenters. The van der Waals surface area contributed by atoms with Crippen molar-refractivity contribution in [2.24, 2.45) is 0 Å². The van der Waals surface area contributed by atoms with Crippen LogP contribution in [-0.2, 0) is 0 Å². The highest BCUT2D eigenvalue weighted by Crippen LogP contribution is 2.40. The molecule has 0 spiro atoms. The number of allylic oxidation sites excluding steroid dienone is 7. The molecule has 10 rings (SSSR count). The highest BCUT2D eigenvalue weighted by molar-refractivity contribution is 6.21. The van der Waals surface area contributed by atoms with E-state index < -0.39 is 0 Å². The van der Waals surface area contributed by atoms with Gasteiger partial charge >= 0.3 is 0 Å². The lowest BCUT2D eigenvalue weighted by molar-refractivity contribution is 1.01. The zero-order chi connectivity index (χ0) is 39.7. The molecule has 0 saturated heterocycles. The van der Waals surface area contributed by atoms with Crippen molar-refractivity contribution in [3.05, 3.63) is 218 Å². The predicted octanol–water partition coefficient (Wildman–Crippen LogP) is 13.8. The van der Waals surface area contributed by atoms with E-state index in [-0.39, 0.29) is 0 Å². The van der Waals surface area contributed by atoms with Crippen LogP contribution >= 0.6 is 0 Å². The van der Waals surface area contributed by atoms with Crippen LogP contribution in [0.4, 0.5) is 0 Å².